The third kappa shape index (κ3) is 3.64. The Kier molecular flexibility index (Phi) is 5.26. The molecule has 4 heteroatoms. The SMILES string of the molecule is CC1CN(C(=O)C2CCC3CCCCC3C2)CC(CBr)O1. The Balaban J connectivity index is 1.59. The van der Waals surface area contributed by atoms with E-state index in [1.165, 1.54) is 32.1 Å². The average Bonchev–Trinajstić information content (AvgIpc) is 2.53. The lowest BCUT2D eigenvalue weighted by molar-refractivity contribution is -0.149. The van der Waals surface area contributed by atoms with Crippen LogP contribution >= 0.6 is 15.9 Å². The van der Waals surface area contributed by atoms with Crippen LogP contribution in [0.5, 0.6) is 0 Å². The summed E-state index contributed by atoms with van der Waals surface area (Å²) in [4.78, 5) is 15.0. The molecule has 1 heterocycles. The van der Waals surface area contributed by atoms with Gasteiger partial charge < -0.3 is 9.64 Å². The van der Waals surface area contributed by atoms with Crippen LogP contribution in [0.25, 0.3) is 0 Å². The van der Waals surface area contributed by atoms with Crippen LogP contribution in [0, 0.1) is 17.8 Å². The molecule has 2 saturated carbocycles. The number of hydrogen-bond donors (Lipinski definition) is 0. The Bertz CT molecular complexity index is 376. The van der Waals surface area contributed by atoms with Crippen molar-refractivity contribution in [1.82, 2.24) is 4.90 Å². The quantitative estimate of drug-likeness (QED) is 0.706. The second kappa shape index (κ2) is 6.99. The van der Waals surface area contributed by atoms with Crippen LogP contribution in [0.4, 0.5) is 0 Å². The molecule has 3 nitrogen and oxygen atoms in total. The van der Waals surface area contributed by atoms with E-state index in [9.17, 15) is 4.79 Å². The van der Waals surface area contributed by atoms with Crippen LogP contribution < -0.4 is 0 Å². The number of morpholine rings is 1. The van der Waals surface area contributed by atoms with Crippen molar-refractivity contribution < 1.29 is 9.53 Å². The minimum atomic E-state index is 0.156. The zero-order chi connectivity index (χ0) is 14.8. The number of fused-ring (bicyclic) bond motifs is 1. The first-order chi connectivity index (χ1) is 10.2. The number of alkyl halides is 1. The molecule has 0 aromatic heterocycles. The van der Waals surface area contributed by atoms with Crippen molar-refractivity contribution in [3.63, 3.8) is 0 Å². The minimum Gasteiger partial charge on any atom is -0.371 e. The van der Waals surface area contributed by atoms with Gasteiger partial charge >= 0.3 is 0 Å². The molecule has 3 fully saturated rings. The molecule has 120 valence electrons. The monoisotopic (exact) mass is 357 g/mol. The summed E-state index contributed by atoms with van der Waals surface area (Å²) in [7, 11) is 0. The fraction of sp³-hybridized carbons (Fsp3) is 0.941. The van der Waals surface area contributed by atoms with E-state index in [2.05, 4.69) is 27.8 Å². The van der Waals surface area contributed by atoms with Crippen LogP contribution in [-0.2, 0) is 9.53 Å². The van der Waals surface area contributed by atoms with Gasteiger partial charge in [-0.2, -0.15) is 0 Å². The van der Waals surface area contributed by atoms with Crippen LogP contribution in [0.2, 0.25) is 0 Å². The van der Waals surface area contributed by atoms with Gasteiger partial charge in [0, 0.05) is 24.3 Å². The average molecular weight is 358 g/mol. The van der Waals surface area contributed by atoms with E-state index in [0.717, 1.165) is 43.1 Å². The fourth-order valence-electron chi connectivity index (χ4n) is 4.67. The second-order valence-electron chi connectivity index (χ2n) is 7.28. The molecule has 5 unspecified atom stereocenters. The largest absolute Gasteiger partial charge is 0.371 e. The molecule has 0 bridgehead atoms. The van der Waals surface area contributed by atoms with Gasteiger partial charge in [-0.15, -0.1) is 0 Å². The Hall–Kier alpha value is -0.0900. The molecule has 3 aliphatic rings. The number of nitrogens with zero attached hydrogens (tertiary/aromatic N) is 1. The zero-order valence-electron chi connectivity index (χ0n) is 13.1. The van der Waals surface area contributed by atoms with Crippen molar-refractivity contribution in [2.24, 2.45) is 17.8 Å². The van der Waals surface area contributed by atoms with E-state index in [0.29, 0.717) is 5.91 Å². The lowest BCUT2D eigenvalue weighted by atomic mass is 9.67. The fourth-order valence-corrected chi connectivity index (χ4v) is 5.02. The van der Waals surface area contributed by atoms with Crippen molar-refractivity contribution in [1.29, 1.82) is 0 Å². The van der Waals surface area contributed by atoms with Gasteiger partial charge in [-0.1, -0.05) is 41.6 Å². The van der Waals surface area contributed by atoms with E-state index < -0.39 is 0 Å². The molecule has 2 aliphatic carbocycles. The van der Waals surface area contributed by atoms with Gasteiger partial charge in [0.1, 0.15) is 0 Å². The number of hydrogen-bond acceptors (Lipinski definition) is 2. The molecule has 0 spiro atoms. The zero-order valence-corrected chi connectivity index (χ0v) is 14.7. The Morgan fingerprint density at radius 1 is 1.14 bits per heavy atom. The summed E-state index contributed by atoms with van der Waals surface area (Å²) in [6.45, 7) is 3.61. The number of ether oxygens (including phenoxy) is 1. The summed E-state index contributed by atoms with van der Waals surface area (Å²) in [5.41, 5.74) is 0. The molecule has 3 rings (SSSR count). The van der Waals surface area contributed by atoms with Crippen molar-refractivity contribution in [3.8, 4) is 0 Å². The lowest BCUT2D eigenvalue weighted by Gasteiger charge is -2.42. The number of amides is 1. The summed E-state index contributed by atoms with van der Waals surface area (Å²) >= 11 is 3.49. The topological polar surface area (TPSA) is 29.5 Å². The second-order valence-corrected chi connectivity index (χ2v) is 7.93. The molecular formula is C17H28BrNO2. The molecular weight excluding hydrogens is 330 g/mol. The smallest absolute Gasteiger partial charge is 0.225 e. The van der Waals surface area contributed by atoms with Gasteiger partial charge in [-0.3, -0.25) is 4.79 Å². The number of rotatable bonds is 2. The first-order valence-corrected chi connectivity index (χ1v) is 9.79. The molecule has 1 amide bonds. The van der Waals surface area contributed by atoms with Crippen LogP contribution in [0.3, 0.4) is 0 Å². The Morgan fingerprint density at radius 2 is 1.90 bits per heavy atom. The van der Waals surface area contributed by atoms with Gasteiger partial charge in [-0.05, 0) is 38.0 Å². The highest BCUT2D eigenvalue weighted by Gasteiger charge is 2.38. The van der Waals surface area contributed by atoms with Gasteiger partial charge in [0.05, 0.1) is 12.2 Å². The van der Waals surface area contributed by atoms with Gasteiger partial charge in [-0.25, -0.2) is 0 Å². The van der Waals surface area contributed by atoms with Gasteiger partial charge in [0.2, 0.25) is 5.91 Å². The maximum Gasteiger partial charge on any atom is 0.225 e. The first kappa shape index (κ1) is 15.8. The lowest BCUT2D eigenvalue weighted by Crippen LogP contribution is -2.52. The molecule has 21 heavy (non-hydrogen) atoms. The predicted octanol–water partition coefficient (Wildman–Crippen LogP) is 3.60. The predicted molar refractivity (Wildman–Crippen MR) is 87.5 cm³/mol. The minimum absolute atomic E-state index is 0.156. The normalized spacial score (nSPS) is 40.7. The van der Waals surface area contributed by atoms with E-state index in [-0.39, 0.29) is 18.1 Å². The van der Waals surface area contributed by atoms with E-state index in [1.54, 1.807) is 0 Å². The van der Waals surface area contributed by atoms with Crippen LogP contribution in [0.1, 0.15) is 51.9 Å². The summed E-state index contributed by atoms with van der Waals surface area (Å²) in [6, 6.07) is 0. The Labute approximate surface area is 136 Å². The molecule has 5 atom stereocenters. The van der Waals surface area contributed by atoms with Gasteiger partial charge in [0.25, 0.3) is 0 Å². The molecule has 0 aromatic rings. The molecule has 0 aromatic carbocycles. The van der Waals surface area contributed by atoms with Gasteiger partial charge in [0.15, 0.2) is 0 Å². The maximum absolute atomic E-state index is 12.9. The summed E-state index contributed by atoms with van der Waals surface area (Å²) in [5, 5.41) is 0.816. The van der Waals surface area contributed by atoms with Crippen molar-refractivity contribution >= 4 is 21.8 Å². The molecule has 0 N–H and O–H groups in total. The highest BCUT2D eigenvalue weighted by Crippen LogP contribution is 2.43. The highest BCUT2D eigenvalue weighted by atomic mass is 79.9. The first-order valence-electron chi connectivity index (χ1n) is 8.67. The number of halogens is 1. The van der Waals surface area contributed by atoms with E-state index in [4.69, 9.17) is 4.74 Å². The Morgan fingerprint density at radius 3 is 2.67 bits per heavy atom. The summed E-state index contributed by atoms with van der Waals surface area (Å²) in [5.74, 6) is 2.43. The summed E-state index contributed by atoms with van der Waals surface area (Å²) < 4.78 is 5.85. The van der Waals surface area contributed by atoms with Crippen molar-refractivity contribution in [2.75, 3.05) is 18.4 Å². The van der Waals surface area contributed by atoms with E-state index in [1.807, 2.05) is 0 Å². The van der Waals surface area contributed by atoms with Crippen LogP contribution in [-0.4, -0.2) is 41.4 Å². The van der Waals surface area contributed by atoms with Crippen molar-refractivity contribution in [2.45, 2.75) is 64.1 Å². The number of carbonyl (C=O) groups is 1. The number of carbonyl (C=O) groups excluding carboxylic acids is 1. The molecule has 1 aliphatic heterocycles. The standard InChI is InChI=1S/C17H28BrNO2/c1-12-10-19(11-16(9-18)21-12)17(20)15-7-6-13-4-2-3-5-14(13)8-15/h12-16H,2-11H2,1H3. The maximum atomic E-state index is 12.9. The molecule has 0 radical (unpaired) electrons. The molecule has 1 saturated heterocycles. The highest BCUT2D eigenvalue weighted by molar-refractivity contribution is 9.09. The third-order valence-corrected chi connectivity index (χ3v) is 6.42. The van der Waals surface area contributed by atoms with Crippen molar-refractivity contribution in [3.05, 3.63) is 0 Å². The third-order valence-electron chi connectivity index (χ3n) is 5.70. The van der Waals surface area contributed by atoms with Crippen LogP contribution in [0.15, 0.2) is 0 Å². The summed E-state index contributed by atoms with van der Waals surface area (Å²) in [6.07, 6.45) is 9.42. The van der Waals surface area contributed by atoms with E-state index >= 15 is 0 Å².